The fraction of sp³-hybridized carbons (Fsp3) is 0.769. The Kier molecular flexibility index (Phi) is 3.49. The third-order valence-electron chi connectivity index (χ3n) is 4.16. The Morgan fingerprint density at radius 2 is 1.95 bits per heavy atom. The summed E-state index contributed by atoms with van der Waals surface area (Å²) in [5, 5.41) is 11.8. The van der Waals surface area contributed by atoms with Gasteiger partial charge in [-0.15, -0.1) is 0 Å². The van der Waals surface area contributed by atoms with E-state index in [4.69, 9.17) is 9.26 Å². The second-order valence-corrected chi connectivity index (χ2v) is 5.96. The molecule has 2 aromatic heterocycles. The first-order chi connectivity index (χ1) is 10.8. The highest BCUT2D eigenvalue weighted by atomic mass is 16.5. The van der Waals surface area contributed by atoms with Crippen LogP contribution in [0.5, 0.6) is 0 Å². The molecule has 2 aliphatic rings. The first-order valence-electron chi connectivity index (χ1n) is 7.71. The molecule has 0 spiro atoms. The van der Waals surface area contributed by atoms with Crippen molar-refractivity contribution in [2.45, 2.75) is 44.7 Å². The molecule has 118 valence electrons. The number of aromatic nitrogens is 6. The molecule has 1 aliphatic heterocycles. The molecule has 0 atom stereocenters. The molecular weight excluding hydrogens is 288 g/mol. The van der Waals surface area contributed by atoms with Crippen LogP contribution in [-0.4, -0.2) is 43.1 Å². The van der Waals surface area contributed by atoms with Crippen molar-refractivity contribution in [3.63, 3.8) is 0 Å². The summed E-state index contributed by atoms with van der Waals surface area (Å²) in [4.78, 5) is 16.7. The summed E-state index contributed by atoms with van der Waals surface area (Å²) in [6.07, 6.45) is 4.90. The Balaban J connectivity index is 1.47. The Bertz CT molecular complexity index is 695. The van der Waals surface area contributed by atoms with E-state index in [0.717, 1.165) is 19.3 Å². The van der Waals surface area contributed by atoms with Crippen molar-refractivity contribution in [1.82, 2.24) is 29.9 Å². The van der Waals surface area contributed by atoms with Crippen LogP contribution in [0.4, 0.5) is 0 Å². The molecule has 1 saturated heterocycles. The standard InChI is InChI=1S/C13H18N6O3/c20-13-18(16-17-19(13)10-3-5-21-6-4-10)8-12-14-11(15-22-12)7-9-1-2-9/h9-10H,1-8H2. The van der Waals surface area contributed by atoms with E-state index in [9.17, 15) is 4.79 Å². The zero-order chi connectivity index (χ0) is 14.9. The van der Waals surface area contributed by atoms with Gasteiger partial charge in [-0.05, 0) is 42.0 Å². The highest BCUT2D eigenvalue weighted by Crippen LogP contribution is 2.31. The maximum atomic E-state index is 12.3. The predicted octanol–water partition coefficient (Wildman–Crippen LogP) is 0.175. The monoisotopic (exact) mass is 306 g/mol. The van der Waals surface area contributed by atoms with Crippen molar-refractivity contribution in [2.24, 2.45) is 5.92 Å². The molecule has 0 aromatic carbocycles. The Morgan fingerprint density at radius 3 is 2.73 bits per heavy atom. The van der Waals surface area contributed by atoms with E-state index >= 15 is 0 Å². The van der Waals surface area contributed by atoms with E-state index in [1.165, 1.54) is 22.2 Å². The highest BCUT2D eigenvalue weighted by molar-refractivity contribution is 4.92. The summed E-state index contributed by atoms with van der Waals surface area (Å²) >= 11 is 0. The molecule has 4 rings (SSSR count). The maximum absolute atomic E-state index is 12.3. The summed E-state index contributed by atoms with van der Waals surface area (Å²) in [5.41, 5.74) is -0.242. The average molecular weight is 306 g/mol. The zero-order valence-corrected chi connectivity index (χ0v) is 12.2. The molecule has 0 unspecified atom stereocenters. The Labute approximate surface area is 126 Å². The van der Waals surface area contributed by atoms with E-state index < -0.39 is 0 Å². The molecule has 2 aromatic rings. The van der Waals surface area contributed by atoms with Gasteiger partial charge in [-0.25, -0.2) is 4.79 Å². The summed E-state index contributed by atoms with van der Waals surface area (Å²) < 4.78 is 13.2. The molecule has 0 radical (unpaired) electrons. The van der Waals surface area contributed by atoms with Gasteiger partial charge in [0.2, 0.25) is 5.89 Å². The first kappa shape index (κ1) is 13.6. The van der Waals surface area contributed by atoms with Crippen LogP contribution in [0.3, 0.4) is 0 Å². The summed E-state index contributed by atoms with van der Waals surface area (Å²) in [6.45, 7) is 1.47. The molecule has 3 heterocycles. The van der Waals surface area contributed by atoms with Gasteiger partial charge >= 0.3 is 5.69 Å². The van der Waals surface area contributed by atoms with Gasteiger partial charge in [-0.2, -0.15) is 14.3 Å². The van der Waals surface area contributed by atoms with Crippen molar-refractivity contribution in [1.29, 1.82) is 0 Å². The molecule has 0 amide bonds. The third kappa shape index (κ3) is 2.80. The molecule has 22 heavy (non-hydrogen) atoms. The fourth-order valence-corrected chi connectivity index (χ4v) is 2.69. The van der Waals surface area contributed by atoms with Crippen LogP contribution in [-0.2, 0) is 17.7 Å². The quantitative estimate of drug-likeness (QED) is 0.776. The van der Waals surface area contributed by atoms with Gasteiger partial charge in [0, 0.05) is 19.6 Å². The van der Waals surface area contributed by atoms with Crippen LogP contribution in [0.2, 0.25) is 0 Å². The lowest BCUT2D eigenvalue weighted by Gasteiger charge is -2.20. The Hall–Kier alpha value is -2.03. The van der Waals surface area contributed by atoms with E-state index in [2.05, 4.69) is 20.6 Å². The van der Waals surface area contributed by atoms with Crippen molar-refractivity contribution in [2.75, 3.05) is 13.2 Å². The molecule has 0 N–H and O–H groups in total. The second kappa shape index (κ2) is 5.64. The van der Waals surface area contributed by atoms with Gasteiger partial charge in [0.15, 0.2) is 5.82 Å². The minimum atomic E-state index is -0.242. The molecule has 1 aliphatic carbocycles. The SMILES string of the molecule is O=c1n(Cc2nc(CC3CC3)no2)nnn1C1CCOCC1. The molecule has 0 bridgehead atoms. The summed E-state index contributed by atoms with van der Waals surface area (Å²) in [5.74, 6) is 1.81. The van der Waals surface area contributed by atoms with Gasteiger partial charge < -0.3 is 9.26 Å². The van der Waals surface area contributed by atoms with Crippen molar-refractivity contribution in [3.05, 3.63) is 22.2 Å². The number of ether oxygens (including phenoxy) is 1. The van der Waals surface area contributed by atoms with Gasteiger partial charge in [-0.3, -0.25) is 0 Å². The van der Waals surface area contributed by atoms with Gasteiger partial charge in [-0.1, -0.05) is 5.16 Å². The normalized spacial score (nSPS) is 19.6. The highest BCUT2D eigenvalue weighted by Gasteiger charge is 2.25. The minimum absolute atomic E-state index is 0.0584. The smallest absolute Gasteiger partial charge is 0.364 e. The summed E-state index contributed by atoms with van der Waals surface area (Å²) in [7, 11) is 0. The zero-order valence-electron chi connectivity index (χ0n) is 12.2. The van der Waals surface area contributed by atoms with E-state index in [0.29, 0.717) is 30.8 Å². The van der Waals surface area contributed by atoms with E-state index in [1.54, 1.807) is 0 Å². The van der Waals surface area contributed by atoms with Crippen LogP contribution in [0, 0.1) is 5.92 Å². The van der Waals surface area contributed by atoms with Crippen molar-refractivity contribution < 1.29 is 9.26 Å². The van der Waals surface area contributed by atoms with Crippen LogP contribution >= 0.6 is 0 Å². The minimum Gasteiger partial charge on any atom is -0.381 e. The molecular formula is C13H18N6O3. The largest absolute Gasteiger partial charge is 0.381 e. The van der Waals surface area contributed by atoms with Crippen LogP contribution < -0.4 is 5.69 Å². The van der Waals surface area contributed by atoms with Gasteiger partial charge in [0.1, 0.15) is 6.54 Å². The number of hydrogen-bond acceptors (Lipinski definition) is 7. The number of rotatable bonds is 5. The number of tetrazole rings is 1. The lowest BCUT2D eigenvalue weighted by Crippen LogP contribution is -2.31. The molecule has 9 heteroatoms. The molecule has 2 fully saturated rings. The van der Waals surface area contributed by atoms with Crippen LogP contribution in [0.15, 0.2) is 9.32 Å². The second-order valence-electron chi connectivity index (χ2n) is 5.96. The molecule has 1 saturated carbocycles. The Morgan fingerprint density at radius 1 is 1.14 bits per heavy atom. The van der Waals surface area contributed by atoms with Gasteiger partial charge in [0.25, 0.3) is 0 Å². The van der Waals surface area contributed by atoms with E-state index in [-0.39, 0.29) is 18.3 Å². The number of nitrogens with zero attached hydrogens (tertiary/aromatic N) is 6. The van der Waals surface area contributed by atoms with Crippen molar-refractivity contribution in [3.8, 4) is 0 Å². The van der Waals surface area contributed by atoms with E-state index in [1.807, 2.05) is 0 Å². The van der Waals surface area contributed by atoms with Gasteiger partial charge in [0.05, 0.1) is 6.04 Å². The first-order valence-corrected chi connectivity index (χ1v) is 7.71. The summed E-state index contributed by atoms with van der Waals surface area (Å²) in [6, 6.07) is 0.0584. The number of hydrogen-bond donors (Lipinski definition) is 0. The average Bonchev–Trinajstić information content (AvgIpc) is 3.13. The predicted molar refractivity (Wildman–Crippen MR) is 73.2 cm³/mol. The van der Waals surface area contributed by atoms with Crippen LogP contribution in [0.1, 0.15) is 43.4 Å². The lowest BCUT2D eigenvalue weighted by atomic mass is 10.1. The fourth-order valence-electron chi connectivity index (χ4n) is 2.69. The van der Waals surface area contributed by atoms with Crippen LogP contribution in [0.25, 0.3) is 0 Å². The maximum Gasteiger partial charge on any atom is 0.364 e. The lowest BCUT2D eigenvalue weighted by molar-refractivity contribution is 0.0647. The third-order valence-corrected chi connectivity index (χ3v) is 4.16. The topological polar surface area (TPSA) is 101 Å². The van der Waals surface area contributed by atoms with Crippen molar-refractivity contribution >= 4 is 0 Å². The molecule has 9 nitrogen and oxygen atoms in total.